The SMILES string of the molecule is CC(C)C(CNCC1(O)CCC(C(=O)O)CC1)C(C)C. The lowest BCUT2D eigenvalue weighted by atomic mass is 9.78. The minimum absolute atomic E-state index is 0.269. The van der Waals surface area contributed by atoms with E-state index in [1.807, 2.05) is 0 Å². The molecule has 0 atom stereocenters. The molecule has 0 heterocycles. The molecule has 1 aliphatic carbocycles. The summed E-state index contributed by atoms with van der Waals surface area (Å²) >= 11 is 0. The Hall–Kier alpha value is -0.610. The quantitative estimate of drug-likeness (QED) is 0.672. The van der Waals surface area contributed by atoms with Crippen molar-refractivity contribution in [2.75, 3.05) is 13.1 Å². The molecule has 0 aromatic carbocycles. The molecule has 118 valence electrons. The van der Waals surface area contributed by atoms with E-state index in [1.165, 1.54) is 0 Å². The molecular formula is C16H31NO3. The van der Waals surface area contributed by atoms with Crippen LogP contribution in [0.25, 0.3) is 0 Å². The predicted octanol–water partition coefficient (Wildman–Crippen LogP) is 2.51. The number of nitrogens with one attached hydrogen (secondary N) is 1. The van der Waals surface area contributed by atoms with Crippen LogP contribution in [0.3, 0.4) is 0 Å². The first-order valence-corrected chi connectivity index (χ1v) is 7.91. The van der Waals surface area contributed by atoms with Crippen LogP contribution in [0.2, 0.25) is 0 Å². The van der Waals surface area contributed by atoms with E-state index < -0.39 is 11.6 Å². The number of carboxylic acids is 1. The van der Waals surface area contributed by atoms with Gasteiger partial charge in [0.25, 0.3) is 0 Å². The fourth-order valence-corrected chi connectivity index (χ4v) is 3.29. The molecule has 0 bridgehead atoms. The Bertz CT molecular complexity index is 299. The molecule has 0 aromatic rings. The van der Waals surface area contributed by atoms with E-state index in [1.54, 1.807) is 0 Å². The zero-order chi connectivity index (χ0) is 15.3. The summed E-state index contributed by atoms with van der Waals surface area (Å²) in [5, 5.41) is 22.9. The van der Waals surface area contributed by atoms with Crippen LogP contribution in [0.15, 0.2) is 0 Å². The van der Waals surface area contributed by atoms with Gasteiger partial charge in [0, 0.05) is 6.54 Å². The molecule has 0 aliphatic heterocycles. The first-order valence-electron chi connectivity index (χ1n) is 7.91. The molecule has 0 saturated heterocycles. The van der Waals surface area contributed by atoms with Crippen LogP contribution in [0.5, 0.6) is 0 Å². The Morgan fingerprint density at radius 1 is 1.20 bits per heavy atom. The summed E-state index contributed by atoms with van der Waals surface area (Å²) in [6.45, 7) is 10.4. The highest BCUT2D eigenvalue weighted by Gasteiger charge is 2.35. The van der Waals surface area contributed by atoms with Crippen molar-refractivity contribution in [3.05, 3.63) is 0 Å². The predicted molar refractivity (Wildman–Crippen MR) is 80.6 cm³/mol. The van der Waals surface area contributed by atoms with E-state index in [-0.39, 0.29) is 5.92 Å². The van der Waals surface area contributed by atoms with E-state index in [9.17, 15) is 9.90 Å². The van der Waals surface area contributed by atoms with E-state index in [4.69, 9.17) is 5.11 Å². The van der Waals surface area contributed by atoms with Crippen LogP contribution in [0, 0.1) is 23.7 Å². The largest absolute Gasteiger partial charge is 0.481 e. The highest BCUT2D eigenvalue weighted by molar-refractivity contribution is 5.70. The number of aliphatic hydroxyl groups is 1. The van der Waals surface area contributed by atoms with Crippen LogP contribution in [-0.4, -0.2) is 34.9 Å². The van der Waals surface area contributed by atoms with E-state index >= 15 is 0 Å². The minimum Gasteiger partial charge on any atom is -0.481 e. The van der Waals surface area contributed by atoms with Gasteiger partial charge >= 0.3 is 5.97 Å². The summed E-state index contributed by atoms with van der Waals surface area (Å²) < 4.78 is 0. The Labute approximate surface area is 123 Å². The van der Waals surface area contributed by atoms with Crippen molar-refractivity contribution < 1.29 is 15.0 Å². The van der Waals surface area contributed by atoms with Gasteiger partial charge in [-0.15, -0.1) is 0 Å². The van der Waals surface area contributed by atoms with E-state index in [0.29, 0.717) is 50.0 Å². The number of hydrogen-bond donors (Lipinski definition) is 3. The molecule has 1 saturated carbocycles. The standard InChI is InChI=1S/C16H31NO3/c1-11(2)14(12(3)4)9-17-10-16(20)7-5-13(6-8-16)15(18)19/h11-14,17,20H,5-10H2,1-4H3,(H,18,19). The smallest absolute Gasteiger partial charge is 0.306 e. The van der Waals surface area contributed by atoms with Crippen molar-refractivity contribution in [3.8, 4) is 0 Å². The Morgan fingerprint density at radius 2 is 1.70 bits per heavy atom. The van der Waals surface area contributed by atoms with Crippen molar-refractivity contribution in [3.63, 3.8) is 0 Å². The fourth-order valence-electron chi connectivity index (χ4n) is 3.29. The lowest BCUT2D eigenvalue weighted by Crippen LogP contribution is -2.46. The van der Waals surface area contributed by atoms with Crippen molar-refractivity contribution in [2.24, 2.45) is 23.7 Å². The van der Waals surface area contributed by atoms with Crippen molar-refractivity contribution in [1.29, 1.82) is 0 Å². The third-order valence-electron chi connectivity index (χ3n) is 4.81. The second kappa shape index (κ2) is 7.41. The summed E-state index contributed by atoms with van der Waals surface area (Å²) in [5.74, 6) is 0.864. The average molecular weight is 285 g/mol. The molecular weight excluding hydrogens is 254 g/mol. The highest BCUT2D eigenvalue weighted by Crippen LogP contribution is 2.32. The molecule has 1 rings (SSSR count). The topological polar surface area (TPSA) is 69.6 Å². The fraction of sp³-hybridized carbons (Fsp3) is 0.938. The number of aliphatic carboxylic acids is 1. The third-order valence-corrected chi connectivity index (χ3v) is 4.81. The lowest BCUT2D eigenvalue weighted by molar-refractivity contribution is -0.144. The van der Waals surface area contributed by atoms with E-state index in [0.717, 1.165) is 6.54 Å². The number of carboxylic acid groups (broad SMARTS) is 1. The molecule has 0 unspecified atom stereocenters. The molecule has 0 aromatic heterocycles. The monoisotopic (exact) mass is 285 g/mol. The molecule has 3 N–H and O–H groups in total. The molecule has 20 heavy (non-hydrogen) atoms. The Balaban J connectivity index is 2.36. The van der Waals surface area contributed by atoms with Crippen molar-refractivity contribution in [2.45, 2.75) is 59.0 Å². The average Bonchev–Trinajstić information content (AvgIpc) is 2.34. The second-order valence-electron chi connectivity index (χ2n) is 7.12. The zero-order valence-electron chi connectivity index (χ0n) is 13.4. The lowest BCUT2D eigenvalue weighted by Gasteiger charge is -2.36. The molecule has 4 nitrogen and oxygen atoms in total. The van der Waals surface area contributed by atoms with Gasteiger partial charge < -0.3 is 15.5 Å². The first kappa shape index (κ1) is 17.4. The van der Waals surface area contributed by atoms with Gasteiger partial charge in [-0.1, -0.05) is 27.7 Å². The summed E-state index contributed by atoms with van der Waals surface area (Å²) in [5.41, 5.74) is -0.718. The molecule has 0 radical (unpaired) electrons. The van der Waals surface area contributed by atoms with Gasteiger partial charge in [-0.25, -0.2) is 0 Å². The van der Waals surface area contributed by atoms with Gasteiger partial charge in [-0.3, -0.25) is 4.79 Å². The van der Waals surface area contributed by atoms with Gasteiger partial charge in [0.15, 0.2) is 0 Å². The molecule has 0 amide bonds. The van der Waals surface area contributed by atoms with Crippen LogP contribution < -0.4 is 5.32 Å². The van der Waals surface area contributed by atoms with Gasteiger partial charge in [0.05, 0.1) is 11.5 Å². The van der Waals surface area contributed by atoms with Gasteiger partial charge in [0.1, 0.15) is 0 Å². The first-order chi connectivity index (χ1) is 9.25. The third kappa shape index (κ3) is 5.06. The normalized spacial score (nSPS) is 27.5. The number of carbonyl (C=O) groups is 1. The summed E-state index contributed by atoms with van der Waals surface area (Å²) in [6, 6.07) is 0. The van der Waals surface area contributed by atoms with Gasteiger partial charge in [-0.2, -0.15) is 0 Å². The minimum atomic E-state index is -0.723. The maximum Gasteiger partial charge on any atom is 0.306 e. The summed E-state index contributed by atoms with van der Waals surface area (Å²) in [7, 11) is 0. The van der Waals surface area contributed by atoms with Crippen LogP contribution in [0.4, 0.5) is 0 Å². The summed E-state index contributed by atoms with van der Waals surface area (Å²) in [4.78, 5) is 10.9. The van der Waals surface area contributed by atoms with E-state index in [2.05, 4.69) is 33.0 Å². The van der Waals surface area contributed by atoms with Crippen molar-refractivity contribution in [1.82, 2.24) is 5.32 Å². The van der Waals surface area contributed by atoms with Gasteiger partial charge in [0.2, 0.25) is 0 Å². The summed E-state index contributed by atoms with van der Waals surface area (Å²) in [6.07, 6.45) is 2.35. The van der Waals surface area contributed by atoms with Crippen LogP contribution >= 0.6 is 0 Å². The maximum atomic E-state index is 10.9. The number of hydrogen-bond acceptors (Lipinski definition) is 3. The second-order valence-corrected chi connectivity index (χ2v) is 7.12. The Morgan fingerprint density at radius 3 is 2.10 bits per heavy atom. The van der Waals surface area contributed by atoms with Crippen LogP contribution in [-0.2, 0) is 4.79 Å². The Kier molecular flexibility index (Phi) is 6.46. The molecule has 1 aliphatic rings. The molecule has 0 spiro atoms. The highest BCUT2D eigenvalue weighted by atomic mass is 16.4. The van der Waals surface area contributed by atoms with Gasteiger partial charge in [-0.05, 0) is 50.0 Å². The zero-order valence-corrected chi connectivity index (χ0v) is 13.4. The molecule has 4 heteroatoms. The van der Waals surface area contributed by atoms with Crippen molar-refractivity contribution >= 4 is 5.97 Å². The van der Waals surface area contributed by atoms with Crippen LogP contribution in [0.1, 0.15) is 53.4 Å². The maximum absolute atomic E-state index is 10.9. The number of rotatable bonds is 7. The molecule has 1 fully saturated rings.